The molecule has 154 valence electrons. The molecule has 31 heavy (non-hydrogen) atoms. The van der Waals surface area contributed by atoms with Crippen LogP contribution < -0.4 is 4.74 Å². The van der Waals surface area contributed by atoms with E-state index in [2.05, 4.69) is 63.2 Å². The minimum Gasteiger partial charge on any atom is -0.455 e. The van der Waals surface area contributed by atoms with E-state index in [-0.39, 0.29) is 5.41 Å². The molecule has 1 saturated carbocycles. The van der Waals surface area contributed by atoms with E-state index in [0.717, 1.165) is 22.8 Å². The molecule has 2 aliphatic carbocycles. The number of aromatic nitrogens is 1. The van der Waals surface area contributed by atoms with E-state index < -0.39 is 0 Å². The maximum atomic E-state index is 6.93. The van der Waals surface area contributed by atoms with E-state index in [1.807, 2.05) is 6.20 Å². The van der Waals surface area contributed by atoms with Crippen LogP contribution >= 0.6 is 0 Å². The van der Waals surface area contributed by atoms with Gasteiger partial charge in [-0.15, -0.1) is 0 Å². The summed E-state index contributed by atoms with van der Waals surface area (Å²) in [5.74, 6) is 2.07. The second-order valence-corrected chi connectivity index (χ2v) is 10.6. The largest absolute Gasteiger partial charge is 0.455 e. The third-order valence-electron chi connectivity index (χ3n) is 8.30. The van der Waals surface area contributed by atoms with Crippen LogP contribution in [0.3, 0.4) is 0 Å². The van der Waals surface area contributed by atoms with Gasteiger partial charge in [0.2, 0.25) is 0 Å². The van der Waals surface area contributed by atoms with Gasteiger partial charge in [0.1, 0.15) is 11.5 Å². The fraction of sp³-hybridized carbons (Fsp3) is 0.345. The number of hydrogen-bond donors (Lipinski definition) is 0. The second-order valence-electron chi connectivity index (χ2n) is 10.6. The molecule has 3 aromatic carbocycles. The number of aryl methyl sites for hydroxylation is 1. The van der Waals surface area contributed by atoms with E-state index in [4.69, 9.17) is 9.72 Å². The summed E-state index contributed by atoms with van der Waals surface area (Å²) in [6.45, 7) is 7.03. The monoisotopic (exact) mass is 405 g/mol. The summed E-state index contributed by atoms with van der Waals surface area (Å²) in [5, 5.41) is 4.98. The molecule has 0 atom stereocenters. The summed E-state index contributed by atoms with van der Waals surface area (Å²) in [4.78, 5) is 4.91. The summed E-state index contributed by atoms with van der Waals surface area (Å²) >= 11 is 0. The molecule has 1 fully saturated rings. The number of fused-ring (bicyclic) bond motifs is 6. The highest BCUT2D eigenvalue weighted by atomic mass is 16.5. The lowest BCUT2D eigenvalue weighted by Gasteiger charge is -2.29. The van der Waals surface area contributed by atoms with Gasteiger partial charge < -0.3 is 4.74 Å². The van der Waals surface area contributed by atoms with Gasteiger partial charge in [-0.25, -0.2) is 0 Å². The second kappa shape index (κ2) is 5.68. The van der Waals surface area contributed by atoms with Crippen molar-refractivity contribution in [3.8, 4) is 22.8 Å². The SMILES string of the molecule is Cc1c2c(cc3ccccc13)-c1nccc3cc4c(c(c13)O2)C(C)(C)CC41CCCC1. The van der Waals surface area contributed by atoms with Crippen LogP contribution in [0.15, 0.2) is 48.7 Å². The van der Waals surface area contributed by atoms with Crippen LogP contribution in [-0.4, -0.2) is 4.98 Å². The highest BCUT2D eigenvalue weighted by molar-refractivity contribution is 6.07. The van der Waals surface area contributed by atoms with Gasteiger partial charge in [-0.2, -0.15) is 0 Å². The van der Waals surface area contributed by atoms with E-state index in [1.165, 1.54) is 64.8 Å². The number of rotatable bonds is 0. The molecule has 2 heterocycles. The summed E-state index contributed by atoms with van der Waals surface area (Å²) in [5.41, 5.74) is 6.84. The molecule has 0 amide bonds. The molecule has 4 aromatic rings. The predicted molar refractivity (Wildman–Crippen MR) is 127 cm³/mol. The molecule has 0 bridgehead atoms. The Balaban J connectivity index is 1.62. The molecule has 2 nitrogen and oxygen atoms in total. The number of ether oxygens (including phenoxy) is 1. The Hall–Kier alpha value is -2.87. The zero-order valence-electron chi connectivity index (χ0n) is 18.5. The summed E-state index contributed by atoms with van der Waals surface area (Å²) in [7, 11) is 0. The predicted octanol–water partition coefficient (Wildman–Crippen LogP) is 7.96. The fourth-order valence-electron chi connectivity index (χ4n) is 7.15. The molecule has 1 aliphatic heterocycles. The molecular formula is C29H27NO. The topological polar surface area (TPSA) is 22.1 Å². The van der Waals surface area contributed by atoms with Crippen LogP contribution in [0.1, 0.15) is 62.6 Å². The smallest absolute Gasteiger partial charge is 0.141 e. The lowest BCUT2D eigenvalue weighted by Crippen LogP contribution is -2.21. The third-order valence-corrected chi connectivity index (χ3v) is 8.30. The zero-order valence-corrected chi connectivity index (χ0v) is 18.5. The molecule has 3 aliphatic rings. The van der Waals surface area contributed by atoms with Crippen molar-refractivity contribution in [2.75, 3.05) is 0 Å². The van der Waals surface area contributed by atoms with Crippen molar-refractivity contribution in [3.05, 3.63) is 65.4 Å². The van der Waals surface area contributed by atoms with Gasteiger partial charge in [0.15, 0.2) is 0 Å². The Labute approximate surface area is 183 Å². The Bertz CT molecular complexity index is 1420. The van der Waals surface area contributed by atoms with E-state index in [1.54, 1.807) is 5.56 Å². The summed E-state index contributed by atoms with van der Waals surface area (Å²) in [6, 6.07) is 15.5. The standard InChI is InChI=1S/C29H27NO/c1-17-20-9-5-4-8-18(20)14-21-25-23-19(10-13-30-25)15-22-24(27(23)31-26(17)21)28(2,3)16-29(22)11-6-7-12-29/h4-5,8-10,13-15H,6-7,11-12,16H2,1-3H3. The first-order valence-electron chi connectivity index (χ1n) is 11.7. The van der Waals surface area contributed by atoms with Crippen molar-refractivity contribution >= 4 is 21.5 Å². The quantitative estimate of drug-likeness (QED) is 0.261. The van der Waals surface area contributed by atoms with Crippen LogP contribution in [-0.2, 0) is 10.8 Å². The normalized spacial score (nSPS) is 19.6. The first kappa shape index (κ1) is 17.8. The van der Waals surface area contributed by atoms with E-state index in [0.29, 0.717) is 5.41 Å². The maximum absolute atomic E-state index is 6.93. The first-order chi connectivity index (χ1) is 15.0. The molecule has 1 spiro atoms. The van der Waals surface area contributed by atoms with Crippen LogP contribution in [0.25, 0.3) is 32.8 Å². The van der Waals surface area contributed by atoms with Gasteiger partial charge in [-0.3, -0.25) is 4.98 Å². The molecule has 2 heteroatoms. The lowest BCUT2D eigenvalue weighted by atomic mass is 9.77. The van der Waals surface area contributed by atoms with Crippen molar-refractivity contribution in [1.82, 2.24) is 4.98 Å². The molecule has 1 aromatic heterocycles. The van der Waals surface area contributed by atoms with Crippen LogP contribution in [0, 0.1) is 6.92 Å². The van der Waals surface area contributed by atoms with Crippen molar-refractivity contribution in [1.29, 1.82) is 0 Å². The third kappa shape index (κ3) is 2.16. The van der Waals surface area contributed by atoms with Crippen LogP contribution in [0.2, 0.25) is 0 Å². The minimum atomic E-state index is 0.110. The first-order valence-corrected chi connectivity index (χ1v) is 11.7. The van der Waals surface area contributed by atoms with Gasteiger partial charge in [0.05, 0.1) is 11.1 Å². The maximum Gasteiger partial charge on any atom is 0.141 e. The summed E-state index contributed by atoms with van der Waals surface area (Å²) in [6.07, 6.45) is 8.53. The highest BCUT2D eigenvalue weighted by Gasteiger charge is 2.51. The van der Waals surface area contributed by atoms with Gasteiger partial charge in [0, 0.05) is 22.9 Å². The molecule has 0 radical (unpaired) electrons. The summed E-state index contributed by atoms with van der Waals surface area (Å²) < 4.78 is 6.93. The Kier molecular flexibility index (Phi) is 3.25. The van der Waals surface area contributed by atoms with E-state index >= 15 is 0 Å². The van der Waals surface area contributed by atoms with Gasteiger partial charge in [0.25, 0.3) is 0 Å². The Morgan fingerprint density at radius 2 is 1.74 bits per heavy atom. The van der Waals surface area contributed by atoms with Crippen molar-refractivity contribution < 1.29 is 4.74 Å². The molecule has 0 saturated heterocycles. The molecule has 7 rings (SSSR count). The highest BCUT2D eigenvalue weighted by Crippen LogP contribution is 2.62. The number of hydrogen-bond acceptors (Lipinski definition) is 2. The Morgan fingerprint density at radius 1 is 0.935 bits per heavy atom. The minimum absolute atomic E-state index is 0.110. The van der Waals surface area contributed by atoms with Crippen molar-refractivity contribution in [3.63, 3.8) is 0 Å². The van der Waals surface area contributed by atoms with Crippen molar-refractivity contribution in [2.24, 2.45) is 0 Å². The van der Waals surface area contributed by atoms with Crippen LogP contribution in [0.5, 0.6) is 11.5 Å². The van der Waals surface area contributed by atoms with Gasteiger partial charge in [-0.05, 0) is 76.9 Å². The van der Waals surface area contributed by atoms with Gasteiger partial charge in [-0.1, -0.05) is 51.0 Å². The molecular weight excluding hydrogens is 378 g/mol. The fourth-order valence-corrected chi connectivity index (χ4v) is 7.15. The molecule has 0 unspecified atom stereocenters. The lowest BCUT2D eigenvalue weighted by molar-refractivity contribution is 0.354. The van der Waals surface area contributed by atoms with Crippen molar-refractivity contribution in [2.45, 2.75) is 63.7 Å². The number of benzene rings is 3. The average Bonchev–Trinajstić information content (AvgIpc) is 3.31. The van der Waals surface area contributed by atoms with E-state index in [9.17, 15) is 0 Å². The number of nitrogens with zero attached hydrogens (tertiary/aromatic N) is 1. The zero-order chi connectivity index (χ0) is 21.0. The average molecular weight is 406 g/mol. The van der Waals surface area contributed by atoms with Crippen LogP contribution in [0.4, 0.5) is 0 Å². The number of pyridine rings is 1. The Morgan fingerprint density at radius 3 is 2.58 bits per heavy atom. The van der Waals surface area contributed by atoms with Gasteiger partial charge >= 0.3 is 0 Å². The molecule has 0 N–H and O–H groups in total.